The standard InChI is InChI=1S/C20H17F2NO3/c1-3-16(24)17-18(12-6-4-5-11(2)9-12)23(20(26)19(17)25)15-10-13(21)7-8-14(15)22/h4-10,18,25H,3H2,1-2H3. The molecule has 4 nitrogen and oxygen atoms in total. The normalized spacial score (nSPS) is 17.2. The molecule has 0 aliphatic carbocycles. The lowest BCUT2D eigenvalue weighted by molar-refractivity contribution is -0.118. The Hall–Kier alpha value is -3.02. The number of nitrogens with zero attached hydrogens (tertiary/aromatic N) is 1. The third-order valence-corrected chi connectivity index (χ3v) is 4.36. The van der Waals surface area contributed by atoms with Crippen LogP contribution in [-0.4, -0.2) is 16.8 Å². The summed E-state index contributed by atoms with van der Waals surface area (Å²) in [7, 11) is 0. The second-order valence-corrected chi connectivity index (χ2v) is 6.13. The van der Waals surface area contributed by atoms with Gasteiger partial charge in [0.15, 0.2) is 11.5 Å². The van der Waals surface area contributed by atoms with Gasteiger partial charge in [0.05, 0.1) is 17.3 Å². The molecule has 0 bridgehead atoms. The van der Waals surface area contributed by atoms with Gasteiger partial charge in [-0.25, -0.2) is 8.78 Å². The Morgan fingerprint density at radius 2 is 1.92 bits per heavy atom. The molecule has 1 unspecified atom stereocenters. The van der Waals surface area contributed by atoms with E-state index in [0.29, 0.717) is 5.56 Å². The van der Waals surface area contributed by atoms with E-state index in [4.69, 9.17) is 0 Å². The number of anilines is 1. The number of Topliss-reactive ketones (excluding diaryl/α,β-unsaturated/α-hetero) is 1. The number of aliphatic hydroxyl groups is 1. The maximum atomic E-state index is 14.4. The fraction of sp³-hybridized carbons (Fsp3) is 0.200. The second-order valence-electron chi connectivity index (χ2n) is 6.13. The lowest BCUT2D eigenvalue weighted by atomic mass is 9.94. The highest BCUT2D eigenvalue weighted by atomic mass is 19.1. The highest BCUT2D eigenvalue weighted by molar-refractivity contribution is 6.16. The molecule has 1 heterocycles. The van der Waals surface area contributed by atoms with Crippen molar-refractivity contribution in [2.45, 2.75) is 26.3 Å². The molecular formula is C20H17F2NO3. The van der Waals surface area contributed by atoms with Crippen molar-refractivity contribution in [2.75, 3.05) is 4.90 Å². The predicted octanol–water partition coefficient (Wildman–Crippen LogP) is 4.15. The quantitative estimate of drug-likeness (QED) is 0.894. The summed E-state index contributed by atoms with van der Waals surface area (Å²) in [6.45, 7) is 3.43. The van der Waals surface area contributed by atoms with E-state index in [0.717, 1.165) is 28.7 Å². The Bertz CT molecular complexity index is 936. The molecule has 0 radical (unpaired) electrons. The van der Waals surface area contributed by atoms with Crippen molar-refractivity contribution in [1.29, 1.82) is 0 Å². The van der Waals surface area contributed by atoms with Gasteiger partial charge in [-0.15, -0.1) is 0 Å². The Labute approximate surface area is 149 Å². The number of amides is 1. The first-order valence-corrected chi connectivity index (χ1v) is 8.16. The molecule has 2 aromatic carbocycles. The van der Waals surface area contributed by atoms with E-state index in [-0.39, 0.29) is 17.7 Å². The number of carbonyl (C=O) groups is 2. The van der Waals surface area contributed by atoms with Crippen LogP contribution in [0.5, 0.6) is 0 Å². The van der Waals surface area contributed by atoms with Crippen LogP contribution in [0.1, 0.15) is 30.5 Å². The Morgan fingerprint density at radius 3 is 2.58 bits per heavy atom. The number of rotatable bonds is 4. The minimum absolute atomic E-state index is 0.0640. The molecule has 2 aromatic rings. The molecule has 1 N–H and O–H groups in total. The van der Waals surface area contributed by atoms with Gasteiger partial charge in [-0.1, -0.05) is 36.8 Å². The van der Waals surface area contributed by atoms with Gasteiger partial charge < -0.3 is 5.11 Å². The fourth-order valence-electron chi connectivity index (χ4n) is 3.16. The number of ketones is 1. The Kier molecular flexibility index (Phi) is 4.59. The lowest BCUT2D eigenvalue weighted by Crippen LogP contribution is -2.32. The van der Waals surface area contributed by atoms with Crippen molar-refractivity contribution in [3.63, 3.8) is 0 Å². The van der Waals surface area contributed by atoms with Crippen LogP contribution in [0.25, 0.3) is 0 Å². The van der Waals surface area contributed by atoms with Crippen LogP contribution in [0.3, 0.4) is 0 Å². The van der Waals surface area contributed by atoms with Crippen molar-refractivity contribution >= 4 is 17.4 Å². The van der Waals surface area contributed by atoms with Gasteiger partial charge in [-0.3, -0.25) is 14.5 Å². The van der Waals surface area contributed by atoms with E-state index in [2.05, 4.69) is 0 Å². The smallest absolute Gasteiger partial charge is 0.294 e. The largest absolute Gasteiger partial charge is 0.503 e. The van der Waals surface area contributed by atoms with E-state index >= 15 is 0 Å². The molecule has 1 aliphatic rings. The molecule has 26 heavy (non-hydrogen) atoms. The first-order chi connectivity index (χ1) is 12.3. The first kappa shape index (κ1) is 17.8. The molecule has 1 aliphatic heterocycles. The summed E-state index contributed by atoms with van der Waals surface area (Å²) in [5, 5.41) is 10.3. The highest BCUT2D eigenvalue weighted by Gasteiger charge is 2.44. The van der Waals surface area contributed by atoms with Crippen molar-refractivity contribution in [3.8, 4) is 0 Å². The van der Waals surface area contributed by atoms with Crippen molar-refractivity contribution < 1.29 is 23.5 Å². The number of aliphatic hydroxyl groups excluding tert-OH is 1. The summed E-state index contributed by atoms with van der Waals surface area (Å²) < 4.78 is 28.0. The number of halogens is 2. The summed E-state index contributed by atoms with van der Waals surface area (Å²) in [6.07, 6.45) is 0.0640. The van der Waals surface area contributed by atoms with Crippen molar-refractivity contribution in [2.24, 2.45) is 0 Å². The molecular weight excluding hydrogens is 340 g/mol. The zero-order valence-electron chi connectivity index (χ0n) is 14.3. The van der Waals surface area contributed by atoms with Gasteiger partial charge in [0.2, 0.25) is 0 Å². The molecule has 0 saturated carbocycles. The van der Waals surface area contributed by atoms with Gasteiger partial charge in [0.25, 0.3) is 5.91 Å². The van der Waals surface area contributed by atoms with E-state index in [1.54, 1.807) is 25.1 Å². The van der Waals surface area contributed by atoms with Crippen molar-refractivity contribution in [3.05, 3.63) is 76.6 Å². The topological polar surface area (TPSA) is 57.6 Å². The van der Waals surface area contributed by atoms with E-state index in [9.17, 15) is 23.5 Å². The third kappa shape index (κ3) is 2.87. The molecule has 3 rings (SSSR count). The number of carbonyl (C=O) groups excluding carboxylic acids is 2. The van der Waals surface area contributed by atoms with Gasteiger partial charge in [0.1, 0.15) is 11.6 Å². The van der Waals surface area contributed by atoms with Crippen LogP contribution in [0.4, 0.5) is 14.5 Å². The SMILES string of the molecule is CCC(=O)C1=C(O)C(=O)N(c2cc(F)ccc2F)C1c1cccc(C)c1. The second kappa shape index (κ2) is 6.71. The fourth-order valence-corrected chi connectivity index (χ4v) is 3.16. The molecule has 6 heteroatoms. The maximum Gasteiger partial charge on any atom is 0.294 e. The number of hydrogen-bond acceptors (Lipinski definition) is 3. The molecule has 0 fully saturated rings. The van der Waals surface area contributed by atoms with Gasteiger partial charge in [0, 0.05) is 12.5 Å². The minimum atomic E-state index is -1.02. The minimum Gasteiger partial charge on any atom is -0.503 e. The maximum absolute atomic E-state index is 14.4. The monoisotopic (exact) mass is 357 g/mol. The summed E-state index contributed by atoms with van der Waals surface area (Å²) in [5.74, 6) is -3.64. The predicted molar refractivity (Wildman–Crippen MR) is 92.7 cm³/mol. The molecule has 1 amide bonds. The van der Waals surface area contributed by atoms with Crippen LogP contribution in [-0.2, 0) is 9.59 Å². The number of benzene rings is 2. The van der Waals surface area contributed by atoms with Gasteiger partial charge in [-0.05, 0) is 24.6 Å². The molecule has 0 saturated heterocycles. The van der Waals surface area contributed by atoms with E-state index in [1.165, 1.54) is 0 Å². The van der Waals surface area contributed by atoms with Crippen LogP contribution in [0, 0.1) is 18.6 Å². The van der Waals surface area contributed by atoms with Gasteiger partial charge >= 0.3 is 0 Å². The van der Waals surface area contributed by atoms with E-state index in [1.807, 2.05) is 13.0 Å². The van der Waals surface area contributed by atoms with Crippen molar-refractivity contribution in [1.82, 2.24) is 0 Å². The van der Waals surface area contributed by atoms with E-state index < -0.39 is 35.1 Å². The number of hydrogen-bond donors (Lipinski definition) is 1. The molecule has 134 valence electrons. The van der Waals surface area contributed by atoms with Crippen LogP contribution < -0.4 is 4.90 Å². The average molecular weight is 357 g/mol. The zero-order chi connectivity index (χ0) is 19.0. The summed E-state index contributed by atoms with van der Waals surface area (Å²) in [6, 6.07) is 8.68. The molecule has 0 spiro atoms. The summed E-state index contributed by atoms with van der Waals surface area (Å²) in [4.78, 5) is 26.0. The van der Waals surface area contributed by atoms with Crippen LogP contribution >= 0.6 is 0 Å². The molecule has 0 aromatic heterocycles. The highest BCUT2D eigenvalue weighted by Crippen LogP contribution is 2.42. The lowest BCUT2D eigenvalue weighted by Gasteiger charge is -2.27. The molecule has 1 atom stereocenters. The number of aryl methyl sites for hydroxylation is 1. The third-order valence-electron chi connectivity index (χ3n) is 4.36. The Balaban J connectivity index is 2.24. The first-order valence-electron chi connectivity index (χ1n) is 8.16. The Morgan fingerprint density at radius 1 is 1.19 bits per heavy atom. The zero-order valence-corrected chi connectivity index (χ0v) is 14.3. The average Bonchev–Trinajstić information content (AvgIpc) is 2.88. The van der Waals surface area contributed by atoms with Crippen LogP contribution in [0.2, 0.25) is 0 Å². The summed E-state index contributed by atoms with van der Waals surface area (Å²) >= 11 is 0. The van der Waals surface area contributed by atoms with Crippen LogP contribution in [0.15, 0.2) is 53.8 Å². The van der Waals surface area contributed by atoms with Gasteiger partial charge in [-0.2, -0.15) is 0 Å². The summed E-state index contributed by atoms with van der Waals surface area (Å²) in [5.41, 5.74) is 0.964.